The molecule has 1 atom stereocenters. The Hall–Kier alpha value is -0.640. The first-order valence-electron chi connectivity index (χ1n) is 6.22. The Morgan fingerprint density at radius 2 is 1.94 bits per heavy atom. The van der Waals surface area contributed by atoms with Crippen molar-refractivity contribution in [1.29, 1.82) is 0 Å². The number of thiophene rings is 1. The minimum atomic E-state index is 0.418. The van der Waals surface area contributed by atoms with Crippen LogP contribution in [0.2, 0.25) is 0 Å². The van der Waals surface area contributed by atoms with Crippen LogP contribution in [-0.2, 0) is 12.8 Å². The predicted octanol–water partition coefficient (Wildman–Crippen LogP) is 4.58. The van der Waals surface area contributed by atoms with E-state index in [0.29, 0.717) is 6.04 Å². The molecule has 3 heteroatoms. The minimum absolute atomic E-state index is 0.418. The Morgan fingerprint density at radius 1 is 1.22 bits per heavy atom. The lowest BCUT2D eigenvalue weighted by Crippen LogP contribution is -2.18. The average Bonchev–Trinajstić information content (AvgIpc) is 2.86. The Balaban J connectivity index is 2.17. The number of likely N-dealkylation sites (N-methyl/N-ethyl adjacent to an activating group) is 1. The fourth-order valence-corrected chi connectivity index (χ4v) is 3.50. The number of aryl methyl sites for hydroxylation is 1. The molecule has 0 saturated heterocycles. The summed E-state index contributed by atoms with van der Waals surface area (Å²) in [6.45, 7) is 2.22. The molecule has 0 bridgehead atoms. The summed E-state index contributed by atoms with van der Waals surface area (Å²) in [7, 11) is 2.04. The Bertz CT molecular complexity index is 489. The van der Waals surface area contributed by atoms with E-state index in [-0.39, 0.29) is 0 Å². The van der Waals surface area contributed by atoms with Gasteiger partial charge in [-0.1, -0.05) is 35.0 Å². The molecule has 96 valence electrons. The third-order valence-electron chi connectivity index (χ3n) is 3.18. The van der Waals surface area contributed by atoms with Crippen LogP contribution < -0.4 is 5.32 Å². The molecule has 1 nitrogen and oxygen atoms in total. The molecule has 18 heavy (non-hydrogen) atoms. The molecule has 0 spiro atoms. The maximum absolute atomic E-state index is 3.48. The van der Waals surface area contributed by atoms with Crippen molar-refractivity contribution in [2.24, 2.45) is 0 Å². The molecular weight excluding hydrogens is 306 g/mol. The van der Waals surface area contributed by atoms with Gasteiger partial charge in [0.05, 0.1) is 0 Å². The Morgan fingerprint density at radius 3 is 2.56 bits per heavy atom. The van der Waals surface area contributed by atoms with E-state index in [9.17, 15) is 0 Å². The summed E-state index contributed by atoms with van der Waals surface area (Å²) in [6.07, 6.45) is 2.15. The average molecular weight is 324 g/mol. The van der Waals surface area contributed by atoms with Gasteiger partial charge in [0.1, 0.15) is 0 Å². The van der Waals surface area contributed by atoms with Crippen molar-refractivity contribution >= 4 is 27.3 Å². The van der Waals surface area contributed by atoms with Crippen molar-refractivity contribution in [2.45, 2.75) is 25.8 Å². The normalized spacial score (nSPS) is 12.6. The molecule has 1 unspecified atom stereocenters. The van der Waals surface area contributed by atoms with Crippen LogP contribution in [0.1, 0.15) is 29.0 Å². The van der Waals surface area contributed by atoms with Crippen molar-refractivity contribution in [1.82, 2.24) is 5.32 Å². The predicted molar refractivity (Wildman–Crippen MR) is 83.3 cm³/mol. The van der Waals surface area contributed by atoms with Gasteiger partial charge in [0, 0.05) is 15.4 Å². The summed E-state index contributed by atoms with van der Waals surface area (Å²) in [5, 5.41) is 5.64. The van der Waals surface area contributed by atoms with Crippen LogP contribution in [0.25, 0.3) is 0 Å². The SMILES string of the molecule is CCc1ccsc1C(Cc1ccc(Br)cc1)NC. The number of nitrogens with one attached hydrogen (secondary N) is 1. The molecule has 0 fully saturated rings. The van der Waals surface area contributed by atoms with Crippen LogP contribution >= 0.6 is 27.3 Å². The first kappa shape index (κ1) is 13.8. The molecule has 2 aromatic rings. The highest BCUT2D eigenvalue weighted by molar-refractivity contribution is 9.10. The zero-order valence-electron chi connectivity index (χ0n) is 10.7. The summed E-state index contributed by atoms with van der Waals surface area (Å²) in [6, 6.07) is 11.3. The second-order valence-corrected chi connectivity index (χ2v) is 6.20. The van der Waals surface area contributed by atoms with Crippen molar-refractivity contribution in [2.75, 3.05) is 7.05 Å². The van der Waals surface area contributed by atoms with Crippen LogP contribution in [-0.4, -0.2) is 7.05 Å². The van der Waals surface area contributed by atoms with Gasteiger partial charge in [-0.05, 0) is 54.6 Å². The quantitative estimate of drug-likeness (QED) is 0.849. The number of hydrogen-bond donors (Lipinski definition) is 1. The van der Waals surface area contributed by atoms with Gasteiger partial charge in [-0.2, -0.15) is 0 Å². The minimum Gasteiger partial charge on any atom is -0.312 e. The van der Waals surface area contributed by atoms with Gasteiger partial charge in [-0.3, -0.25) is 0 Å². The zero-order valence-corrected chi connectivity index (χ0v) is 13.1. The van der Waals surface area contributed by atoms with Gasteiger partial charge < -0.3 is 5.32 Å². The van der Waals surface area contributed by atoms with E-state index >= 15 is 0 Å². The van der Waals surface area contributed by atoms with Gasteiger partial charge in [0.15, 0.2) is 0 Å². The molecule has 0 aliphatic heterocycles. The summed E-state index contributed by atoms with van der Waals surface area (Å²) < 4.78 is 1.14. The summed E-state index contributed by atoms with van der Waals surface area (Å²) in [5.74, 6) is 0. The Labute approximate surface area is 121 Å². The zero-order chi connectivity index (χ0) is 13.0. The highest BCUT2D eigenvalue weighted by atomic mass is 79.9. The van der Waals surface area contributed by atoms with E-state index in [2.05, 4.69) is 63.9 Å². The van der Waals surface area contributed by atoms with Crippen molar-refractivity contribution in [3.05, 3.63) is 56.2 Å². The lowest BCUT2D eigenvalue weighted by atomic mass is 10.0. The molecule has 1 aromatic heterocycles. The van der Waals surface area contributed by atoms with Crippen molar-refractivity contribution < 1.29 is 0 Å². The molecule has 0 amide bonds. The number of hydrogen-bond acceptors (Lipinski definition) is 2. The van der Waals surface area contributed by atoms with Crippen LogP contribution in [0, 0.1) is 0 Å². The second kappa shape index (κ2) is 6.50. The fraction of sp³-hybridized carbons (Fsp3) is 0.333. The van der Waals surface area contributed by atoms with Gasteiger partial charge in [0.2, 0.25) is 0 Å². The molecular formula is C15H18BrNS. The number of benzene rings is 1. The van der Waals surface area contributed by atoms with Crippen LogP contribution in [0.15, 0.2) is 40.2 Å². The molecule has 0 saturated carbocycles. The smallest absolute Gasteiger partial charge is 0.0456 e. The van der Waals surface area contributed by atoms with E-state index < -0.39 is 0 Å². The fourth-order valence-electron chi connectivity index (χ4n) is 2.13. The Kier molecular flexibility index (Phi) is 4.98. The number of halogens is 1. The highest BCUT2D eigenvalue weighted by Crippen LogP contribution is 2.27. The first-order valence-corrected chi connectivity index (χ1v) is 7.89. The highest BCUT2D eigenvalue weighted by Gasteiger charge is 2.14. The van der Waals surface area contributed by atoms with Gasteiger partial charge in [0.25, 0.3) is 0 Å². The van der Waals surface area contributed by atoms with E-state index in [1.165, 1.54) is 16.0 Å². The van der Waals surface area contributed by atoms with Crippen LogP contribution in [0.4, 0.5) is 0 Å². The molecule has 2 rings (SSSR count). The van der Waals surface area contributed by atoms with E-state index in [4.69, 9.17) is 0 Å². The van der Waals surface area contributed by atoms with Gasteiger partial charge >= 0.3 is 0 Å². The standard InChI is InChI=1S/C15H18BrNS/c1-3-12-8-9-18-15(12)14(17-2)10-11-4-6-13(16)7-5-11/h4-9,14,17H,3,10H2,1-2H3. The monoisotopic (exact) mass is 323 g/mol. The summed E-state index contributed by atoms with van der Waals surface area (Å²) in [4.78, 5) is 1.47. The third kappa shape index (κ3) is 3.22. The molecule has 0 aliphatic rings. The molecule has 0 aliphatic carbocycles. The van der Waals surface area contributed by atoms with Crippen LogP contribution in [0.5, 0.6) is 0 Å². The summed E-state index contributed by atoms with van der Waals surface area (Å²) in [5.41, 5.74) is 2.84. The first-order chi connectivity index (χ1) is 8.74. The van der Waals surface area contributed by atoms with Gasteiger partial charge in [-0.15, -0.1) is 11.3 Å². The molecule has 1 aromatic carbocycles. The summed E-state index contributed by atoms with van der Waals surface area (Å²) >= 11 is 5.33. The number of rotatable bonds is 5. The van der Waals surface area contributed by atoms with Gasteiger partial charge in [-0.25, -0.2) is 0 Å². The van der Waals surface area contributed by atoms with E-state index in [1.807, 2.05) is 18.4 Å². The maximum atomic E-state index is 3.48. The van der Waals surface area contributed by atoms with E-state index in [0.717, 1.165) is 17.3 Å². The topological polar surface area (TPSA) is 12.0 Å². The lowest BCUT2D eigenvalue weighted by molar-refractivity contribution is 0.597. The lowest BCUT2D eigenvalue weighted by Gasteiger charge is -2.16. The molecule has 0 radical (unpaired) electrons. The van der Waals surface area contributed by atoms with Crippen LogP contribution in [0.3, 0.4) is 0 Å². The maximum Gasteiger partial charge on any atom is 0.0456 e. The second-order valence-electron chi connectivity index (χ2n) is 4.34. The largest absolute Gasteiger partial charge is 0.312 e. The molecule has 1 heterocycles. The van der Waals surface area contributed by atoms with E-state index in [1.54, 1.807) is 0 Å². The van der Waals surface area contributed by atoms with Crippen molar-refractivity contribution in [3.63, 3.8) is 0 Å². The van der Waals surface area contributed by atoms with Crippen molar-refractivity contribution in [3.8, 4) is 0 Å². The molecule has 1 N–H and O–H groups in total. The third-order valence-corrected chi connectivity index (χ3v) is 4.78.